The van der Waals surface area contributed by atoms with Gasteiger partial charge in [-0.15, -0.1) is 0 Å². The minimum atomic E-state index is 0.731. The molecule has 6 atom stereocenters. The quantitative estimate of drug-likeness (QED) is 0.346. The maximum absolute atomic E-state index is 2.52. The first-order valence-electron chi connectivity index (χ1n) is 10.4. The molecule has 1 rings (SSSR count). The molecular formula is C22H44. The monoisotopic (exact) mass is 308 g/mol. The van der Waals surface area contributed by atoms with Crippen molar-refractivity contribution in [3.05, 3.63) is 0 Å². The van der Waals surface area contributed by atoms with Crippen molar-refractivity contribution in [3.63, 3.8) is 0 Å². The Hall–Kier alpha value is 0. The van der Waals surface area contributed by atoms with Gasteiger partial charge in [0.1, 0.15) is 0 Å². The van der Waals surface area contributed by atoms with E-state index in [9.17, 15) is 0 Å². The second-order valence-electron chi connectivity index (χ2n) is 8.76. The van der Waals surface area contributed by atoms with Crippen molar-refractivity contribution >= 4 is 0 Å². The first-order valence-corrected chi connectivity index (χ1v) is 10.4. The molecule has 1 aliphatic carbocycles. The van der Waals surface area contributed by atoms with Crippen molar-refractivity contribution in [1.82, 2.24) is 0 Å². The molecule has 0 heterocycles. The summed E-state index contributed by atoms with van der Waals surface area (Å²) in [6.45, 7) is 17.1. The molecule has 22 heavy (non-hydrogen) atoms. The molecule has 0 aromatic heterocycles. The van der Waals surface area contributed by atoms with Crippen LogP contribution in [0, 0.1) is 35.0 Å². The number of rotatable bonds is 12. The van der Waals surface area contributed by atoms with Crippen LogP contribution >= 0.6 is 0 Å². The average Bonchev–Trinajstić information content (AvgIpc) is 3.06. The van der Waals surface area contributed by atoms with E-state index in [1.807, 2.05) is 0 Å². The molecule has 0 amide bonds. The van der Waals surface area contributed by atoms with Gasteiger partial charge in [-0.3, -0.25) is 0 Å². The Bertz CT molecular complexity index is 294. The highest BCUT2D eigenvalue weighted by atomic mass is 14.6. The third-order valence-electron chi connectivity index (χ3n) is 7.16. The predicted octanol–water partition coefficient (Wildman–Crippen LogP) is 7.72. The van der Waals surface area contributed by atoms with Crippen LogP contribution in [0.15, 0.2) is 0 Å². The fourth-order valence-corrected chi connectivity index (χ4v) is 5.29. The van der Waals surface area contributed by atoms with E-state index in [2.05, 4.69) is 48.5 Å². The van der Waals surface area contributed by atoms with Crippen molar-refractivity contribution in [2.75, 3.05) is 0 Å². The first-order chi connectivity index (χ1) is 10.4. The molecule has 0 spiro atoms. The molecule has 6 unspecified atom stereocenters. The van der Waals surface area contributed by atoms with Crippen molar-refractivity contribution in [3.8, 4) is 0 Å². The van der Waals surface area contributed by atoms with Gasteiger partial charge in [0.25, 0.3) is 0 Å². The van der Waals surface area contributed by atoms with Crippen LogP contribution in [0.25, 0.3) is 0 Å². The lowest BCUT2D eigenvalue weighted by molar-refractivity contribution is 0.260. The van der Waals surface area contributed by atoms with Crippen LogP contribution in [-0.4, -0.2) is 0 Å². The molecular weight excluding hydrogens is 264 g/mol. The Labute approximate surface area is 141 Å². The van der Waals surface area contributed by atoms with Crippen LogP contribution < -0.4 is 0 Å². The molecule has 0 heteroatoms. The van der Waals surface area contributed by atoms with Crippen molar-refractivity contribution in [1.29, 1.82) is 0 Å². The van der Waals surface area contributed by atoms with Crippen LogP contribution in [0.4, 0.5) is 0 Å². The molecule has 1 fully saturated rings. The second-order valence-corrected chi connectivity index (χ2v) is 8.76. The van der Waals surface area contributed by atoms with Crippen LogP contribution in [-0.2, 0) is 0 Å². The Morgan fingerprint density at radius 2 is 1.55 bits per heavy atom. The fourth-order valence-electron chi connectivity index (χ4n) is 5.29. The molecule has 0 nitrogen and oxygen atoms in total. The van der Waals surface area contributed by atoms with Gasteiger partial charge in [-0.25, -0.2) is 0 Å². The van der Waals surface area contributed by atoms with E-state index in [-0.39, 0.29) is 0 Å². The number of unbranched alkanes of at least 4 members (excludes halogenated alkanes) is 1. The molecule has 1 aliphatic rings. The van der Waals surface area contributed by atoms with E-state index >= 15 is 0 Å². The largest absolute Gasteiger partial charge is 0.0654 e. The highest BCUT2D eigenvalue weighted by Crippen LogP contribution is 2.65. The van der Waals surface area contributed by atoms with Crippen LogP contribution in [0.1, 0.15) is 106 Å². The predicted molar refractivity (Wildman–Crippen MR) is 101 cm³/mol. The third kappa shape index (κ3) is 5.00. The van der Waals surface area contributed by atoms with Gasteiger partial charge in [0, 0.05) is 0 Å². The number of hydrogen-bond donors (Lipinski definition) is 0. The molecule has 0 aromatic rings. The second kappa shape index (κ2) is 9.33. The average molecular weight is 309 g/mol. The lowest BCUT2D eigenvalue weighted by Gasteiger charge is -2.25. The molecule has 1 saturated carbocycles. The van der Waals surface area contributed by atoms with Crippen molar-refractivity contribution in [2.45, 2.75) is 106 Å². The van der Waals surface area contributed by atoms with E-state index < -0.39 is 0 Å². The summed E-state index contributed by atoms with van der Waals surface area (Å²) in [6.07, 6.45) is 12.8. The lowest BCUT2D eigenvalue weighted by Crippen LogP contribution is -2.14. The minimum absolute atomic E-state index is 0.731. The maximum Gasteiger partial charge on any atom is -0.0238 e. The van der Waals surface area contributed by atoms with E-state index in [1.54, 1.807) is 0 Å². The number of hydrogen-bond acceptors (Lipinski definition) is 0. The van der Waals surface area contributed by atoms with Gasteiger partial charge in [-0.2, -0.15) is 0 Å². The third-order valence-corrected chi connectivity index (χ3v) is 7.16. The topological polar surface area (TPSA) is 0 Å². The van der Waals surface area contributed by atoms with Crippen LogP contribution in [0.5, 0.6) is 0 Å². The van der Waals surface area contributed by atoms with Gasteiger partial charge in [0.05, 0.1) is 0 Å². The highest BCUT2D eigenvalue weighted by molar-refractivity contribution is 5.07. The summed E-state index contributed by atoms with van der Waals surface area (Å²) in [4.78, 5) is 0. The highest BCUT2D eigenvalue weighted by Gasteiger charge is 2.58. The van der Waals surface area contributed by atoms with Crippen LogP contribution in [0.3, 0.4) is 0 Å². The Morgan fingerprint density at radius 1 is 0.864 bits per heavy atom. The first kappa shape index (κ1) is 20.0. The summed E-state index contributed by atoms with van der Waals surface area (Å²) in [5.74, 6) is 4.75. The Morgan fingerprint density at radius 3 is 2.05 bits per heavy atom. The summed E-state index contributed by atoms with van der Waals surface area (Å²) in [6, 6.07) is 0. The Kier molecular flexibility index (Phi) is 8.50. The van der Waals surface area contributed by atoms with E-state index in [0.717, 1.165) is 35.0 Å². The van der Waals surface area contributed by atoms with Gasteiger partial charge >= 0.3 is 0 Å². The zero-order valence-corrected chi connectivity index (χ0v) is 16.8. The van der Waals surface area contributed by atoms with Crippen molar-refractivity contribution in [2.24, 2.45) is 35.0 Å². The molecule has 132 valence electrons. The molecule has 0 bridgehead atoms. The standard InChI is InChI=1S/C22H44/c1-8-11-12-18(5)19(6)16-17(4)13-15-22(14-9-2)20(7)21(22)10-3/h17-21H,8-16H2,1-7H3. The SMILES string of the molecule is CCCCC(C)C(C)CC(C)CCC1(CCC)C(C)C1CC. The lowest BCUT2D eigenvalue weighted by atomic mass is 9.80. The summed E-state index contributed by atoms with van der Waals surface area (Å²) in [7, 11) is 0. The van der Waals surface area contributed by atoms with Crippen molar-refractivity contribution < 1.29 is 0 Å². The summed E-state index contributed by atoms with van der Waals surface area (Å²) < 4.78 is 0. The maximum atomic E-state index is 2.52. The summed E-state index contributed by atoms with van der Waals surface area (Å²) in [5.41, 5.74) is 0.731. The van der Waals surface area contributed by atoms with E-state index in [1.165, 1.54) is 57.8 Å². The summed E-state index contributed by atoms with van der Waals surface area (Å²) >= 11 is 0. The smallest absolute Gasteiger partial charge is 0.0238 e. The van der Waals surface area contributed by atoms with Gasteiger partial charge in [0.2, 0.25) is 0 Å². The molecule has 0 aromatic carbocycles. The van der Waals surface area contributed by atoms with Gasteiger partial charge in [-0.05, 0) is 54.3 Å². The molecule has 0 N–H and O–H groups in total. The summed E-state index contributed by atoms with van der Waals surface area (Å²) in [5, 5.41) is 0. The van der Waals surface area contributed by atoms with E-state index in [0.29, 0.717) is 0 Å². The normalized spacial score (nSPS) is 31.8. The van der Waals surface area contributed by atoms with Crippen LogP contribution in [0.2, 0.25) is 0 Å². The zero-order valence-electron chi connectivity index (χ0n) is 16.8. The van der Waals surface area contributed by atoms with E-state index in [4.69, 9.17) is 0 Å². The molecule has 0 radical (unpaired) electrons. The molecule has 0 aliphatic heterocycles. The Balaban J connectivity index is 2.37. The fraction of sp³-hybridized carbons (Fsp3) is 1.00. The zero-order chi connectivity index (χ0) is 16.8. The molecule has 0 saturated heterocycles. The van der Waals surface area contributed by atoms with Gasteiger partial charge in [0.15, 0.2) is 0 Å². The van der Waals surface area contributed by atoms with Gasteiger partial charge < -0.3 is 0 Å². The van der Waals surface area contributed by atoms with Gasteiger partial charge in [-0.1, -0.05) is 87.0 Å². The minimum Gasteiger partial charge on any atom is -0.0654 e.